The molecule has 0 aliphatic rings. The van der Waals surface area contributed by atoms with E-state index in [4.69, 9.17) is 0 Å². The van der Waals surface area contributed by atoms with E-state index in [1.54, 1.807) is 0 Å². The van der Waals surface area contributed by atoms with E-state index >= 15 is 0 Å². The summed E-state index contributed by atoms with van der Waals surface area (Å²) in [6, 6.07) is 53.8. The van der Waals surface area contributed by atoms with E-state index in [9.17, 15) is 0 Å². The van der Waals surface area contributed by atoms with Crippen LogP contribution in [0.3, 0.4) is 0 Å². The van der Waals surface area contributed by atoms with Crippen LogP contribution in [0.2, 0.25) is 0 Å². The molecule has 0 radical (unpaired) electrons. The number of hydrogen-bond acceptors (Lipinski definition) is 0. The first-order valence-electron chi connectivity index (χ1n) is 14.1. The zero-order valence-electron chi connectivity index (χ0n) is 23.4. The minimum atomic E-state index is -2.00. The van der Waals surface area contributed by atoms with Crippen LogP contribution in [0.15, 0.2) is 146 Å². The standard InChI is InChI=1S/C39H35P/c1-28-16-4-7-19-31(28)34-22-10-13-25-37(34)40(38-26-14-11-23-35(38)32-20-8-5-17-29(32)2)39-27-15-12-24-36(39)33-21-9-6-18-30(33)3/h4-27H,40H2,1-3H3. The van der Waals surface area contributed by atoms with Crippen LogP contribution >= 0.6 is 7.92 Å². The summed E-state index contributed by atoms with van der Waals surface area (Å²) < 4.78 is 0. The molecule has 40 heavy (non-hydrogen) atoms. The van der Waals surface area contributed by atoms with Gasteiger partial charge in [-0.15, -0.1) is 0 Å². The summed E-state index contributed by atoms with van der Waals surface area (Å²) in [4.78, 5) is 0. The van der Waals surface area contributed by atoms with Crippen molar-refractivity contribution in [3.05, 3.63) is 162 Å². The Labute approximate surface area is 239 Å². The minimum absolute atomic E-state index is 1.31. The fourth-order valence-electron chi connectivity index (χ4n) is 6.11. The molecule has 6 aromatic rings. The first-order chi connectivity index (χ1) is 19.6. The molecule has 0 unspecified atom stereocenters. The van der Waals surface area contributed by atoms with E-state index in [-0.39, 0.29) is 0 Å². The third kappa shape index (κ3) is 4.92. The van der Waals surface area contributed by atoms with Gasteiger partial charge in [0.25, 0.3) is 0 Å². The van der Waals surface area contributed by atoms with Gasteiger partial charge in [0.05, 0.1) is 0 Å². The third-order valence-electron chi connectivity index (χ3n) is 8.12. The van der Waals surface area contributed by atoms with Gasteiger partial charge in [0.1, 0.15) is 0 Å². The Hall–Kier alpha value is -4.25. The molecule has 0 heterocycles. The third-order valence-corrected chi connectivity index (χ3v) is 11.5. The van der Waals surface area contributed by atoms with Crippen molar-refractivity contribution in [2.45, 2.75) is 20.8 Å². The van der Waals surface area contributed by atoms with E-state index in [0.29, 0.717) is 0 Å². The zero-order valence-corrected chi connectivity index (χ0v) is 24.6. The van der Waals surface area contributed by atoms with Gasteiger partial charge in [-0.3, -0.25) is 0 Å². The summed E-state index contributed by atoms with van der Waals surface area (Å²) in [6.45, 7) is 6.68. The van der Waals surface area contributed by atoms with E-state index in [2.05, 4.69) is 166 Å². The predicted molar refractivity (Wildman–Crippen MR) is 178 cm³/mol. The van der Waals surface area contributed by atoms with Crippen LogP contribution in [0.4, 0.5) is 0 Å². The van der Waals surface area contributed by atoms with Crippen molar-refractivity contribution in [3.8, 4) is 33.4 Å². The van der Waals surface area contributed by atoms with Crippen molar-refractivity contribution in [1.29, 1.82) is 0 Å². The van der Waals surface area contributed by atoms with Crippen LogP contribution in [-0.2, 0) is 0 Å². The van der Waals surface area contributed by atoms with Crippen LogP contribution < -0.4 is 15.9 Å². The zero-order chi connectivity index (χ0) is 27.5. The average Bonchev–Trinajstić information content (AvgIpc) is 2.99. The first-order valence-corrected chi connectivity index (χ1v) is 15.8. The molecular formula is C39H35P. The topological polar surface area (TPSA) is 0 Å². The summed E-state index contributed by atoms with van der Waals surface area (Å²) >= 11 is 0. The van der Waals surface area contributed by atoms with Gasteiger partial charge in [-0.1, -0.05) is 0 Å². The molecule has 0 aromatic heterocycles. The molecule has 0 saturated heterocycles. The van der Waals surface area contributed by atoms with Crippen molar-refractivity contribution < 1.29 is 0 Å². The van der Waals surface area contributed by atoms with Crippen molar-refractivity contribution in [1.82, 2.24) is 0 Å². The molecule has 0 aliphatic heterocycles. The van der Waals surface area contributed by atoms with Gasteiger partial charge >= 0.3 is 240 Å². The van der Waals surface area contributed by atoms with Crippen LogP contribution in [0.25, 0.3) is 33.4 Å². The molecule has 0 fully saturated rings. The molecule has 0 nitrogen and oxygen atoms in total. The van der Waals surface area contributed by atoms with Crippen molar-refractivity contribution in [2.75, 3.05) is 0 Å². The normalized spacial score (nSPS) is 11.3. The van der Waals surface area contributed by atoms with Gasteiger partial charge in [0, 0.05) is 0 Å². The average molecular weight is 535 g/mol. The van der Waals surface area contributed by atoms with Crippen LogP contribution in [0, 0.1) is 20.8 Å². The number of aryl methyl sites for hydroxylation is 3. The summed E-state index contributed by atoms with van der Waals surface area (Å²) in [6.07, 6.45) is 0. The molecule has 0 bridgehead atoms. The van der Waals surface area contributed by atoms with Crippen LogP contribution in [0.5, 0.6) is 0 Å². The van der Waals surface area contributed by atoms with Crippen LogP contribution in [0.1, 0.15) is 16.7 Å². The van der Waals surface area contributed by atoms with Gasteiger partial charge in [0.2, 0.25) is 0 Å². The molecule has 6 aromatic carbocycles. The van der Waals surface area contributed by atoms with Crippen molar-refractivity contribution in [2.24, 2.45) is 0 Å². The molecule has 0 atom stereocenters. The molecule has 0 aliphatic carbocycles. The number of benzene rings is 6. The fourth-order valence-corrected chi connectivity index (χ4v) is 9.71. The number of rotatable bonds is 6. The van der Waals surface area contributed by atoms with E-state index in [1.807, 2.05) is 0 Å². The monoisotopic (exact) mass is 534 g/mol. The maximum atomic E-state index is 2.39. The number of hydrogen-bond donors (Lipinski definition) is 0. The summed E-state index contributed by atoms with van der Waals surface area (Å²) in [5, 5.41) is 4.37. The van der Waals surface area contributed by atoms with Gasteiger partial charge in [-0.25, -0.2) is 0 Å². The second-order valence-corrected chi connectivity index (χ2v) is 13.4. The molecule has 0 saturated carbocycles. The van der Waals surface area contributed by atoms with Crippen LogP contribution in [-0.4, -0.2) is 0 Å². The Morgan fingerprint density at radius 3 is 0.775 bits per heavy atom. The molecule has 1 heteroatoms. The summed E-state index contributed by atoms with van der Waals surface area (Å²) in [5.41, 5.74) is 11.9. The van der Waals surface area contributed by atoms with Gasteiger partial charge < -0.3 is 0 Å². The van der Waals surface area contributed by atoms with Crippen molar-refractivity contribution >= 4 is 23.8 Å². The van der Waals surface area contributed by atoms with Gasteiger partial charge in [-0.2, -0.15) is 0 Å². The first kappa shape index (κ1) is 26.0. The summed E-state index contributed by atoms with van der Waals surface area (Å²) in [7, 11) is -2.00. The molecule has 196 valence electrons. The SMILES string of the molecule is Cc1ccccc1-c1ccccc1[PH2](c1ccccc1-c1ccccc1C)c1ccccc1-c1ccccc1C. The van der Waals surface area contributed by atoms with E-state index < -0.39 is 7.92 Å². The van der Waals surface area contributed by atoms with Gasteiger partial charge in [0.15, 0.2) is 0 Å². The van der Waals surface area contributed by atoms with E-state index in [1.165, 1.54) is 66.0 Å². The predicted octanol–water partition coefficient (Wildman–Crippen LogP) is 8.84. The molecule has 0 N–H and O–H groups in total. The second-order valence-electron chi connectivity index (χ2n) is 10.6. The summed E-state index contributed by atoms with van der Waals surface area (Å²) in [5.74, 6) is 0. The quantitative estimate of drug-likeness (QED) is 0.187. The Bertz CT molecular complexity index is 1580. The Morgan fingerprint density at radius 2 is 0.500 bits per heavy atom. The second kappa shape index (κ2) is 11.5. The Morgan fingerprint density at radius 1 is 0.275 bits per heavy atom. The molecule has 6 rings (SSSR count). The van der Waals surface area contributed by atoms with E-state index in [0.717, 1.165) is 0 Å². The Balaban J connectivity index is 1.70. The van der Waals surface area contributed by atoms with Gasteiger partial charge in [-0.05, 0) is 0 Å². The Kier molecular flexibility index (Phi) is 7.45. The molecular weight excluding hydrogens is 499 g/mol. The fraction of sp³-hybridized carbons (Fsp3) is 0.0769. The molecule has 0 amide bonds. The molecule has 0 spiro atoms. The van der Waals surface area contributed by atoms with Crippen molar-refractivity contribution in [3.63, 3.8) is 0 Å². The maximum absolute atomic E-state index is 2.39.